The van der Waals surface area contributed by atoms with Crippen molar-refractivity contribution in [2.45, 2.75) is 84.7 Å². The normalized spacial score (nSPS) is 16.3. The smallest absolute Gasteiger partial charge is 0.274 e. The van der Waals surface area contributed by atoms with Crippen LogP contribution in [0.1, 0.15) is 65.9 Å². The van der Waals surface area contributed by atoms with Crippen LogP contribution in [0.15, 0.2) is 61.2 Å². The molecular weight excluding hydrogens is 1100 g/mol. The van der Waals surface area contributed by atoms with Crippen LogP contribution in [-0.2, 0) is 11.8 Å². The van der Waals surface area contributed by atoms with Crippen LogP contribution < -0.4 is 0 Å². The maximum Gasteiger partial charge on any atom is 0.460 e. The highest BCUT2D eigenvalue weighted by molar-refractivity contribution is 6.22. The van der Waals surface area contributed by atoms with Crippen molar-refractivity contribution in [1.29, 1.82) is 0 Å². The molecule has 0 spiro atoms. The summed E-state index contributed by atoms with van der Waals surface area (Å²) in [4.78, 5) is 61.8. The lowest BCUT2D eigenvalue weighted by Crippen LogP contribution is -2.61. The minimum atomic E-state index is -7.31. The number of hydrogen-bond acceptors (Lipinski definition) is 8. The molecule has 0 aliphatic carbocycles. The van der Waals surface area contributed by atoms with E-state index in [2.05, 4.69) is 19.9 Å². The van der Waals surface area contributed by atoms with E-state index in [0.29, 0.717) is 18.2 Å². The van der Waals surface area contributed by atoms with Crippen LogP contribution in [0.25, 0.3) is 22.3 Å². The molecule has 0 fully saturated rings. The molecule has 2 aliphatic rings. The van der Waals surface area contributed by atoms with Crippen LogP contribution >= 0.6 is 0 Å². The van der Waals surface area contributed by atoms with Crippen LogP contribution in [0.4, 0.5) is 110 Å². The average molecular weight is 1120 g/mol. The molecule has 2 aromatic carbocycles. The largest absolute Gasteiger partial charge is 0.460 e. The Balaban J connectivity index is 1.15. The van der Waals surface area contributed by atoms with E-state index in [-0.39, 0.29) is 34.6 Å². The maximum absolute atomic E-state index is 15.2. The molecule has 6 rings (SSSR count). The Morgan fingerprint density at radius 2 is 0.733 bits per heavy atom. The summed E-state index contributed by atoms with van der Waals surface area (Å²) in [6.45, 7) is -3.43. The molecule has 2 aromatic heterocycles. The molecule has 0 radical (unpaired) electrons. The zero-order valence-corrected chi connectivity index (χ0v) is 35.4. The Morgan fingerprint density at radius 1 is 0.400 bits per heavy atom. The highest BCUT2D eigenvalue weighted by Crippen LogP contribution is 2.59. The van der Waals surface area contributed by atoms with Gasteiger partial charge in [-0.1, -0.05) is 12.1 Å². The average Bonchev–Trinajstić information content (AvgIpc) is 3.70. The predicted octanol–water partition coefficient (Wildman–Crippen LogP) is 11.4. The molecule has 0 bridgehead atoms. The van der Waals surface area contributed by atoms with Crippen molar-refractivity contribution >= 4 is 23.6 Å². The number of amides is 4. The van der Waals surface area contributed by atoms with Crippen LogP contribution in [0.2, 0.25) is 0 Å². The third-order valence-corrected chi connectivity index (χ3v) is 11.3. The third-order valence-electron chi connectivity index (χ3n) is 11.3. The molecule has 4 aromatic rings. The molecule has 0 saturated carbocycles. The van der Waals surface area contributed by atoms with E-state index in [0.717, 1.165) is 18.2 Å². The zero-order chi connectivity index (χ0) is 57.0. The number of imide groups is 2. The molecule has 4 heterocycles. The highest BCUT2D eigenvalue weighted by Gasteiger charge is 2.84. The van der Waals surface area contributed by atoms with Gasteiger partial charge in [-0.2, -0.15) is 105 Å². The van der Waals surface area contributed by atoms with E-state index in [1.165, 1.54) is 0 Å². The lowest BCUT2D eigenvalue weighted by atomic mass is 9.97. The lowest BCUT2D eigenvalue weighted by molar-refractivity contribution is -0.396. The topological polar surface area (TPSA) is 126 Å². The first kappa shape index (κ1) is 57.4. The highest BCUT2D eigenvalue weighted by atomic mass is 19.4. The zero-order valence-electron chi connectivity index (χ0n) is 35.4. The van der Waals surface area contributed by atoms with Crippen molar-refractivity contribution in [2.75, 3.05) is 13.1 Å². The SMILES string of the molecule is O=C1c2ccc(-c3cnc(C(F)(F)C(F)(F)C(F)(F)C(F)(F)c4ncc(-c5ccc6c(c5)C(=O)N(CCC(F)(F)C(F)(F)C(F)(F)C(F)(F)F)C6=O)cn4)nc3)cc2C(=O)N1CCC(F)C(F)(F)C(F)(F)C(F)(F)F. The lowest BCUT2D eigenvalue weighted by Gasteiger charge is -2.35. The van der Waals surface area contributed by atoms with E-state index in [1.54, 1.807) is 0 Å². The summed E-state index contributed by atoms with van der Waals surface area (Å²) in [7, 11) is 0. The van der Waals surface area contributed by atoms with Crippen molar-refractivity contribution in [3.05, 3.63) is 95.1 Å². The molecule has 2 aliphatic heterocycles. The summed E-state index contributed by atoms with van der Waals surface area (Å²) < 4.78 is 346. The Bertz CT molecular complexity index is 2930. The van der Waals surface area contributed by atoms with E-state index in [9.17, 15) is 93.8 Å². The number of carbonyl (C=O) groups excluding carboxylic acids is 4. The summed E-state index contributed by atoms with van der Waals surface area (Å²) in [6.07, 6.45) is -22.5. The van der Waals surface area contributed by atoms with Gasteiger partial charge in [-0.05, 0) is 35.4 Å². The Hall–Kier alpha value is -6.87. The van der Waals surface area contributed by atoms with E-state index < -0.39 is 178 Å². The number of halogens is 25. The van der Waals surface area contributed by atoms with Crippen molar-refractivity contribution in [3.8, 4) is 22.3 Å². The van der Waals surface area contributed by atoms with E-state index in [4.69, 9.17) is 0 Å². The second-order valence-electron chi connectivity index (χ2n) is 16.0. The van der Waals surface area contributed by atoms with Crippen molar-refractivity contribution in [1.82, 2.24) is 29.7 Å². The fourth-order valence-corrected chi connectivity index (χ4v) is 6.93. The quantitative estimate of drug-likeness (QED) is 0.0756. The molecule has 1 atom stereocenters. The molecule has 0 saturated heterocycles. The number of benzene rings is 2. The minimum absolute atomic E-state index is 0.0640. The number of alkyl halides is 25. The third kappa shape index (κ3) is 8.78. The summed E-state index contributed by atoms with van der Waals surface area (Å²) >= 11 is 0. The van der Waals surface area contributed by atoms with Crippen LogP contribution in [0, 0.1) is 0 Å². The van der Waals surface area contributed by atoms with Gasteiger partial charge in [0.2, 0.25) is 11.6 Å². The summed E-state index contributed by atoms with van der Waals surface area (Å²) in [5, 5.41) is 0. The second kappa shape index (κ2) is 17.9. The van der Waals surface area contributed by atoms with Gasteiger partial charge in [0.1, 0.15) is 0 Å². The summed E-state index contributed by atoms with van der Waals surface area (Å²) in [5.41, 5.74) is -5.25. The molecule has 1 unspecified atom stereocenters. The molecular formula is C40H19F25N6O4. The molecule has 0 N–H and O–H groups in total. The molecule has 10 nitrogen and oxygen atoms in total. The van der Waals surface area contributed by atoms with Gasteiger partial charge in [-0.25, -0.2) is 24.3 Å². The molecule has 408 valence electrons. The fraction of sp³-hybridized carbons (Fsp3) is 0.400. The number of aromatic nitrogens is 4. The Labute approximate surface area is 397 Å². The number of hydrogen-bond donors (Lipinski definition) is 0. The number of fused-ring (bicyclic) bond motifs is 2. The monoisotopic (exact) mass is 1120 g/mol. The van der Waals surface area contributed by atoms with Gasteiger partial charge in [0.25, 0.3) is 23.6 Å². The molecule has 35 heteroatoms. The van der Waals surface area contributed by atoms with Crippen LogP contribution in [0.5, 0.6) is 0 Å². The Morgan fingerprint density at radius 3 is 1.08 bits per heavy atom. The van der Waals surface area contributed by atoms with Gasteiger partial charge >= 0.3 is 65.7 Å². The maximum atomic E-state index is 15.2. The molecule has 75 heavy (non-hydrogen) atoms. The van der Waals surface area contributed by atoms with E-state index in [1.807, 2.05) is 0 Å². The first-order valence-electron chi connectivity index (χ1n) is 19.7. The molecule has 4 amide bonds. The van der Waals surface area contributed by atoms with Gasteiger partial charge in [0.05, 0.1) is 22.3 Å². The Kier molecular flexibility index (Phi) is 13.7. The van der Waals surface area contributed by atoms with Crippen molar-refractivity contribution in [3.63, 3.8) is 0 Å². The number of carbonyl (C=O) groups is 4. The summed E-state index contributed by atoms with van der Waals surface area (Å²) in [5.74, 6) is -72.7. The number of rotatable bonds is 17. The van der Waals surface area contributed by atoms with Crippen LogP contribution in [0.3, 0.4) is 0 Å². The summed E-state index contributed by atoms with van der Waals surface area (Å²) in [6, 6.07) is 4.17. The number of nitrogens with zero attached hydrogens (tertiary/aromatic N) is 6. The van der Waals surface area contributed by atoms with Gasteiger partial charge < -0.3 is 0 Å². The second-order valence-corrected chi connectivity index (χ2v) is 16.0. The first-order chi connectivity index (χ1) is 33.9. The van der Waals surface area contributed by atoms with Gasteiger partial charge in [0, 0.05) is 61.8 Å². The van der Waals surface area contributed by atoms with Crippen LogP contribution in [-0.4, -0.2) is 126 Å². The van der Waals surface area contributed by atoms with E-state index >= 15 is 35.1 Å². The van der Waals surface area contributed by atoms with Crippen molar-refractivity contribution in [2.24, 2.45) is 0 Å². The first-order valence-corrected chi connectivity index (χ1v) is 19.7. The standard InChI is InChI=1S/C40H19F25N6O4/c41-23(31(44,45)37(56,57)39(60,61)62)5-7-70-24(72)19-3-1-15(9-21(19)26(70)74)17-11-66-28(67-12-17)32(46,47)35(52,53)36(54,55)33(48,49)29-68-13-18(14-69-29)16-2-4-20-22(10-16)27(75)71(25(20)73)8-6-30(42,43)34(50,51)38(58,59)40(63,64)65/h1-4,9-14,23H,5-8H2. The van der Waals surface area contributed by atoms with Gasteiger partial charge in [0.15, 0.2) is 6.17 Å². The minimum Gasteiger partial charge on any atom is -0.274 e. The fourth-order valence-electron chi connectivity index (χ4n) is 6.93. The van der Waals surface area contributed by atoms with Gasteiger partial charge in [-0.3, -0.25) is 29.0 Å². The van der Waals surface area contributed by atoms with Gasteiger partial charge in [-0.15, -0.1) is 0 Å². The van der Waals surface area contributed by atoms with Crippen molar-refractivity contribution < 1.29 is 129 Å². The predicted molar refractivity (Wildman–Crippen MR) is 194 cm³/mol.